The second kappa shape index (κ2) is 10.2. The fourth-order valence-electron chi connectivity index (χ4n) is 3.68. The van der Waals surface area contributed by atoms with Gasteiger partial charge in [-0.2, -0.15) is 0 Å². The molecule has 0 bridgehead atoms. The Morgan fingerprint density at radius 3 is 2.68 bits per heavy atom. The van der Waals surface area contributed by atoms with E-state index in [-0.39, 0.29) is 18.1 Å². The number of hydrogen-bond acceptors (Lipinski definition) is 7. The molecule has 1 unspecified atom stereocenters. The van der Waals surface area contributed by atoms with E-state index >= 15 is 0 Å². The lowest BCUT2D eigenvalue weighted by molar-refractivity contribution is 0.133. The Bertz CT molecular complexity index is 1320. The second-order valence-corrected chi connectivity index (χ2v) is 8.27. The summed E-state index contributed by atoms with van der Waals surface area (Å²) in [5.74, 6) is 1.53. The molecule has 4 rings (SSSR count). The van der Waals surface area contributed by atoms with Crippen LogP contribution in [-0.2, 0) is 11.3 Å². The summed E-state index contributed by atoms with van der Waals surface area (Å²) in [4.78, 5) is 36.9. The Kier molecular flexibility index (Phi) is 6.91. The summed E-state index contributed by atoms with van der Waals surface area (Å²) in [5, 5.41) is 3.21. The molecule has 2 aromatic carbocycles. The number of rotatable bonds is 8. The summed E-state index contributed by atoms with van der Waals surface area (Å²) in [6.45, 7) is 4.19. The fourth-order valence-corrected chi connectivity index (χ4v) is 3.68. The summed E-state index contributed by atoms with van der Waals surface area (Å²) in [7, 11) is 1.53. The normalized spacial score (nSPS) is 12.0. The minimum absolute atomic E-state index is 0.143. The molecule has 0 spiro atoms. The minimum atomic E-state index is -0.588. The third kappa shape index (κ3) is 5.25. The van der Waals surface area contributed by atoms with Crippen LogP contribution in [0.2, 0.25) is 0 Å². The summed E-state index contributed by atoms with van der Waals surface area (Å²) in [5.41, 5.74) is 1.57. The fraction of sp³-hybridized carbons (Fsp3) is 0.280. The first-order valence-corrected chi connectivity index (χ1v) is 10.9. The van der Waals surface area contributed by atoms with Crippen molar-refractivity contribution in [3.8, 4) is 17.1 Å². The van der Waals surface area contributed by atoms with E-state index in [1.54, 1.807) is 18.3 Å². The number of oxazole rings is 1. The van der Waals surface area contributed by atoms with Gasteiger partial charge in [0, 0.05) is 6.07 Å². The largest absolute Gasteiger partial charge is 0.496 e. The van der Waals surface area contributed by atoms with Crippen molar-refractivity contribution < 1.29 is 18.7 Å². The van der Waals surface area contributed by atoms with Crippen LogP contribution in [0.1, 0.15) is 37.7 Å². The van der Waals surface area contributed by atoms with Crippen LogP contribution in [0.15, 0.2) is 64.3 Å². The molecule has 0 radical (unpaired) electrons. The zero-order valence-corrected chi connectivity index (χ0v) is 19.2. The zero-order chi connectivity index (χ0) is 24.1. The van der Waals surface area contributed by atoms with Gasteiger partial charge in [0.05, 0.1) is 35.8 Å². The molecule has 4 aromatic rings. The van der Waals surface area contributed by atoms with E-state index in [2.05, 4.69) is 20.3 Å². The summed E-state index contributed by atoms with van der Waals surface area (Å²) in [6.07, 6.45) is 2.82. The van der Waals surface area contributed by atoms with Gasteiger partial charge in [0.1, 0.15) is 18.2 Å². The molecule has 0 fully saturated rings. The number of H-pyrrole nitrogens is 1. The van der Waals surface area contributed by atoms with Crippen molar-refractivity contribution in [2.24, 2.45) is 5.92 Å². The number of nitrogens with one attached hydrogen (secondary N) is 2. The Hall–Kier alpha value is -4.14. The van der Waals surface area contributed by atoms with Gasteiger partial charge >= 0.3 is 6.09 Å². The van der Waals surface area contributed by atoms with Crippen LogP contribution in [0.4, 0.5) is 4.79 Å². The second-order valence-electron chi connectivity index (χ2n) is 8.27. The van der Waals surface area contributed by atoms with Crippen LogP contribution in [-0.4, -0.2) is 28.2 Å². The Labute approximate surface area is 196 Å². The Morgan fingerprint density at radius 1 is 1.21 bits per heavy atom. The molecule has 9 nitrogen and oxygen atoms in total. The smallest absolute Gasteiger partial charge is 0.408 e. The average molecular weight is 463 g/mol. The Morgan fingerprint density at radius 2 is 2.00 bits per heavy atom. The molecule has 176 valence electrons. The summed E-state index contributed by atoms with van der Waals surface area (Å²) >= 11 is 0. The van der Waals surface area contributed by atoms with E-state index in [1.165, 1.54) is 13.5 Å². The van der Waals surface area contributed by atoms with E-state index in [0.29, 0.717) is 40.2 Å². The number of amides is 1. The van der Waals surface area contributed by atoms with Gasteiger partial charge in [-0.15, -0.1) is 0 Å². The first-order valence-electron chi connectivity index (χ1n) is 10.9. The number of ether oxygens (including phenoxy) is 2. The van der Waals surface area contributed by atoms with E-state index in [4.69, 9.17) is 13.9 Å². The number of aromatic amines is 1. The number of methoxy groups -OCH3 is 1. The van der Waals surface area contributed by atoms with Crippen molar-refractivity contribution >= 4 is 17.0 Å². The predicted molar refractivity (Wildman–Crippen MR) is 126 cm³/mol. The topological polar surface area (TPSA) is 119 Å². The number of carbonyl (C=O) groups excluding carboxylic acids is 1. The monoisotopic (exact) mass is 462 g/mol. The van der Waals surface area contributed by atoms with E-state index in [9.17, 15) is 9.59 Å². The molecule has 1 atom stereocenters. The third-order valence-electron chi connectivity index (χ3n) is 5.28. The number of nitrogens with zero attached hydrogens (tertiary/aromatic N) is 2. The first kappa shape index (κ1) is 23.0. The van der Waals surface area contributed by atoms with Crippen molar-refractivity contribution in [1.29, 1.82) is 0 Å². The molecule has 9 heteroatoms. The van der Waals surface area contributed by atoms with E-state index in [0.717, 1.165) is 5.56 Å². The standard InChI is InChI=1S/C25H26N4O5/c1-15(2)9-20(28-25(31)33-13-16-7-5-4-6-8-16)23-27-19-11-21(32-3)18(22-12-26-14-34-22)10-17(19)24(30)29-23/h4-8,10-12,14-15,20H,9,13H2,1-3H3,(H,28,31)(H,27,29,30). The van der Waals surface area contributed by atoms with Gasteiger partial charge in [-0.05, 0) is 24.0 Å². The summed E-state index contributed by atoms with van der Waals surface area (Å²) in [6, 6.07) is 12.2. The molecular weight excluding hydrogens is 436 g/mol. The maximum atomic E-state index is 13.0. The molecular formula is C25H26N4O5. The molecule has 34 heavy (non-hydrogen) atoms. The third-order valence-corrected chi connectivity index (χ3v) is 5.28. The molecule has 2 N–H and O–H groups in total. The van der Waals surface area contributed by atoms with Gasteiger partial charge < -0.3 is 24.2 Å². The number of aromatic nitrogens is 3. The highest BCUT2D eigenvalue weighted by molar-refractivity contribution is 5.86. The summed E-state index contributed by atoms with van der Waals surface area (Å²) < 4.78 is 16.2. The maximum Gasteiger partial charge on any atom is 0.408 e. The SMILES string of the molecule is COc1cc2nc(C(CC(C)C)NC(=O)OCc3ccccc3)[nH]c(=O)c2cc1-c1cnco1. The van der Waals surface area contributed by atoms with E-state index in [1.807, 2.05) is 44.2 Å². The lowest BCUT2D eigenvalue weighted by Gasteiger charge is -2.20. The Balaban J connectivity index is 1.63. The number of benzene rings is 2. The van der Waals surface area contributed by atoms with Crippen LogP contribution < -0.4 is 15.6 Å². The number of fused-ring (bicyclic) bond motifs is 1. The highest BCUT2D eigenvalue weighted by atomic mass is 16.5. The molecule has 2 heterocycles. The molecule has 0 aliphatic carbocycles. The van der Waals surface area contributed by atoms with Gasteiger partial charge in [-0.3, -0.25) is 4.79 Å². The molecule has 0 aliphatic rings. The lowest BCUT2D eigenvalue weighted by atomic mass is 10.0. The highest BCUT2D eigenvalue weighted by Crippen LogP contribution is 2.33. The van der Waals surface area contributed by atoms with Gasteiger partial charge in [0.2, 0.25) is 0 Å². The van der Waals surface area contributed by atoms with Crippen LogP contribution in [0.5, 0.6) is 5.75 Å². The zero-order valence-electron chi connectivity index (χ0n) is 19.2. The molecule has 2 aromatic heterocycles. The van der Waals surface area contributed by atoms with E-state index < -0.39 is 12.1 Å². The van der Waals surface area contributed by atoms with Gasteiger partial charge in [0.15, 0.2) is 12.2 Å². The van der Waals surface area contributed by atoms with Gasteiger partial charge in [-0.25, -0.2) is 14.8 Å². The van der Waals surface area contributed by atoms with Gasteiger partial charge in [0.25, 0.3) is 5.56 Å². The van der Waals surface area contributed by atoms with Crippen molar-refractivity contribution in [3.05, 3.63) is 76.8 Å². The van der Waals surface area contributed by atoms with Crippen molar-refractivity contribution in [1.82, 2.24) is 20.3 Å². The maximum absolute atomic E-state index is 13.0. The number of alkyl carbamates (subject to hydrolysis) is 1. The predicted octanol–water partition coefficient (Wildman–Crippen LogP) is 4.60. The van der Waals surface area contributed by atoms with Crippen molar-refractivity contribution in [3.63, 3.8) is 0 Å². The van der Waals surface area contributed by atoms with Crippen LogP contribution >= 0.6 is 0 Å². The lowest BCUT2D eigenvalue weighted by Crippen LogP contribution is -2.32. The molecule has 0 saturated carbocycles. The van der Waals surface area contributed by atoms with Crippen LogP contribution in [0.3, 0.4) is 0 Å². The first-order chi connectivity index (χ1) is 16.4. The number of carbonyl (C=O) groups is 1. The highest BCUT2D eigenvalue weighted by Gasteiger charge is 2.22. The van der Waals surface area contributed by atoms with Crippen molar-refractivity contribution in [2.75, 3.05) is 7.11 Å². The van der Waals surface area contributed by atoms with Gasteiger partial charge in [-0.1, -0.05) is 44.2 Å². The average Bonchev–Trinajstić information content (AvgIpc) is 3.37. The van der Waals surface area contributed by atoms with Crippen molar-refractivity contribution in [2.45, 2.75) is 32.9 Å². The quantitative estimate of drug-likeness (QED) is 0.393. The minimum Gasteiger partial charge on any atom is -0.496 e. The molecule has 1 amide bonds. The molecule has 0 aliphatic heterocycles. The van der Waals surface area contributed by atoms with Crippen LogP contribution in [0, 0.1) is 5.92 Å². The number of hydrogen-bond donors (Lipinski definition) is 2. The van der Waals surface area contributed by atoms with Crippen LogP contribution in [0.25, 0.3) is 22.2 Å². The molecule has 0 saturated heterocycles.